The number of hydrogen-bond donors (Lipinski definition) is 2. The van der Waals surface area contributed by atoms with Gasteiger partial charge in [0.15, 0.2) is 0 Å². The summed E-state index contributed by atoms with van der Waals surface area (Å²) in [4.78, 5) is 13.2. The molecule has 0 saturated heterocycles. The molecule has 5 heteroatoms. The largest absolute Gasteiger partial charge is 0.466 e. The Balaban J connectivity index is 2.02. The molecule has 110 valence electrons. The van der Waals surface area contributed by atoms with Crippen LogP contribution in [0.2, 0.25) is 0 Å². The number of amides is 1. The lowest BCUT2D eigenvalue weighted by Crippen LogP contribution is -2.23. The van der Waals surface area contributed by atoms with E-state index in [0.29, 0.717) is 17.9 Å². The third kappa shape index (κ3) is 3.54. The average molecular weight is 303 g/mol. The van der Waals surface area contributed by atoms with E-state index in [9.17, 15) is 4.79 Å². The maximum Gasteiger partial charge on any atom is 0.255 e. The number of rotatable bonds is 3. The number of aliphatic hydroxyl groups excluding tert-OH is 1. The van der Waals surface area contributed by atoms with Crippen LogP contribution >= 0.6 is 11.3 Å². The van der Waals surface area contributed by atoms with Gasteiger partial charge in [-0.2, -0.15) is 0 Å². The van der Waals surface area contributed by atoms with Crippen LogP contribution in [0.4, 0.5) is 0 Å². The molecule has 0 atom stereocenters. The minimum Gasteiger partial charge on any atom is -0.466 e. The third-order valence-corrected chi connectivity index (χ3v) is 4.11. The fourth-order valence-electron chi connectivity index (χ4n) is 2.06. The summed E-state index contributed by atoms with van der Waals surface area (Å²) in [5.74, 6) is 6.73. The van der Waals surface area contributed by atoms with Crippen molar-refractivity contribution in [3.8, 4) is 11.8 Å². The number of aryl methyl sites for hydroxylation is 2. The molecule has 0 aliphatic rings. The smallest absolute Gasteiger partial charge is 0.255 e. The van der Waals surface area contributed by atoms with Crippen molar-refractivity contribution < 1.29 is 14.3 Å². The molecule has 0 radical (unpaired) electrons. The molecular weight excluding hydrogens is 286 g/mol. The molecule has 2 aromatic rings. The Hall–Kier alpha value is -2.03. The van der Waals surface area contributed by atoms with Crippen LogP contribution < -0.4 is 5.32 Å². The van der Waals surface area contributed by atoms with Crippen LogP contribution in [0.5, 0.6) is 0 Å². The fraction of sp³-hybridized carbons (Fsp3) is 0.312. The fourth-order valence-corrected chi connectivity index (χ4v) is 2.82. The van der Waals surface area contributed by atoms with Gasteiger partial charge in [-0.15, -0.1) is 11.3 Å². The van der Waals surface area contributed by atoms with Crippen molar-refractivity contribution in [3.63, 3.8) is 0 Å². The first-order valence-electron chi connectivity index (χ1n) is 6.55. The molecule has 21 heavy (non-hydrogen) atoms. The van der Waals surface area contributed by atoms with E-state index in [4.69, 9.17) is 9.52 Å². The van der Waals surface area contributed by atoms with Gasteiger partial charge in [0.05, 0.1) is 12.1 Å². The zero-order valence-electron chi connectivity index (χ0n) is 12.2. The highest BCUT2D eigenvalue weighted by Gasteiger charge is 2.18. The van der Waals surface area contributed by atoms with Gasteiger partial charge in [0.25, 0.3) is 5.91 Å². The molecule has 2 aromatic heterocycles. The molecule has 2 heterocycles. The van der Waals surface area contributed by atoms with Crippen LogP contribution in [0.1, 0.15) is 37.9 Å². The highest BCUT2D eigenvalue weighted by molar-refractivity contribution is 7.10. The Bertz CT molecular complexity index is 716. The quantitative estimate of drug-likeness (QED) is 0.857. The predicted molar refractivity (Wildman–Crippen MR) is 82.4 cm³/mol. The van der Waals surface area contributed by atoms with Crippen molar-refractivity contribution in [2.24, 2.45) is 0 Å². The predicted octanol–water partition coefficient (Wildman–Crippen LogP) is 2.54. The Labute approximate surface area is 127 Å². The van der Waals surface area contributed by atoms with Crippen molar-refractivity contribution in [3.05, 3.63) is 44.5 Å². The molecule has 1 amide bonds. The van der Waals surface area contributed by atoms with Gasteiger partial charge in [0.2, 0.25) is 0 Å². The van der Waals surface area contributed by atoms with E-state index in [2.05, 4.69) is 17.2 Å². The van der Waals surface area contributed by atoms with Gasteiger partial charge in [0.1, 0.15) is 18.1 Å². The molecule has 0 saturated carbocycles. The first-order chi connectivity index (χ1) is 10.0. The number of nitrogens with one attached hydrogen (secondary N) is 1. The number of hydrogen-bond acceptors (Lipinski definition) is 4. The van der Waals surface area contributed by atoms with E-state index < -0.39 is 0 Å². The van der Waals surface area contributed by atoms with Gasteiger partial charge in [-0.25, -0.2) is 0 Å². The van der Waals surface area contributed by atoms with Crippen LogP contribution in [0.3, 0.4) is 0 Å². The van der Waals surface area contributed by atoms with Gasteiger partial charge < -0.3 is 14.8 Å². The molecule has 2 N–H and O–H groups in total. The van der Waals surface area contributed by atoms with Gasteiger partial charge in [0, 0.05) is 21.4 Å². The van der Waals surface area contributed by atoms with Gasteiger partial charge in [-0.3, -0.25) is 4.79 Å². The second-order valence-electron chi connectivity index (χ2n) is 4.66. The summed E-state index contributed by atoms with van der Waals surface area (Å²) < 4.78 is 5.47. The van der Waals surface area contributed by atoms with Crippen LogP contribution in [0.25, 0.3) is 0 Å². The maximum absolute atomic E-state index is 12.2. The molecule has 0 unspecified atom stereocenters. The van der Waals surface area contributed by atoms with Crippen LogP contribution in [0, 0.1) is 32.6 Å². The van der Waals surface area contributed by atoms with Crippen molar-refractivity contribution >= 4 is 17.2 Å². The molecule has 0 spiro atoms. The molecular formula is C16H17NO3S. The van der Waals surface area contributed by atoms with Gasteiger partial charge in [-0.1, -0.05) is 11.8 Å². The van der Waals surface area contributed by atoms with Crippen LogP contribution in [-0.4, -0.2) is 17.6 Å². The van der Waals surface area contributed by atoms with E-state index in [1.807, 2.05) is 25.3 Å². The number of carbonyl (C=O) groups is 1. The summed E-state index contributed by atoms with van der Waals surface area (Å²) >= 11 is 1.53. The monoisotopic (exact) mass is 303 g/mol. The van der Waals surface area contributed by atoms with E-state index in [1.54, 1.807) is 6.92 Å². The Morgan fingerprint density at radius 1 is 1.38 bits per heavy atom. The number of thiophene rings is 1. The molecule has 2 rings (SSSR count). The van der Waals surface area contributed by atoms with Crippen molar-refractivity contribution in [1.82, 2.24) is 5.32 Å². The third-order valence-electron chi connectivity index (χ3n) is 3.18. The summed E-state index contributed by atoms with van der Waals surface area (Å²) in [5.41, 5.74) is 2.35. The summed E-state index contributed by atoms with van der Waals surface area (Å²) in [6, 6.07) is 1.91. The Morgan fingerprint density at radius 3 is 2.76 bits per heavy atom. The number of aliphatic hydroxyl groups is 1. The number of furan rings is 1. The molecule has 4 nitrogen and oxygen atoms in total. The maximum atomic E-state index is 12.2. The van der Waals surface area contributed by atoms with E-state index in [0.717, 1.165) is 21.8 Å². The van der Waals surface area contributed by atoms with Crippen LogP contribution in [-0.2, 0) is 6.54 Å². The lowest BCUT2D eigenvalue weighted by Gasteiger charge is -2.03. The number of carbonyl (C=O) groups excluding carboxylic acids is 1. The zero-order valence-corrected chi connectivity index (χ0v) is 13.1. The second-order valence-corrected chi connectivity index (χ2v) is 5.65. The summed E-state index contributed by atoms with van der Waals surface area (Å²) in [5, 5.41) is 13.5. The average Bonchev–Trinajstić information content (AvgIpc) is 2.99. The van der Waals surface area contributed by atoms with E-state index in [-0.39, 0.29) is 12.5 Å². The Morgan fingerprint density at radius 2 is 2.14 bits per heavy atom. The highest BCUT2D eigenvalue weighted by atomic mass is 32.1. The first-order valence-corrected chi connectivity index (χ1v) is 7.42. The SMILES string of the molecule is Cc1oc(C)c(C(=O)NCc2cc(C#CCO)cs2)c1C. The van der Waals surface area contributed by atoms with Crippen molar-refractivity contribution in [1.29, 1.82) is 0 Å². The van der Waals surface area contributed by atoms with Crippen LogP contribution in [0.15, 0.2) is 15.9 Å². The minimum atomic E-state index is -0.152. The highest BCUT2D eigenvalue weighted by Crippen LogP contribution is 2.21. The van der Waals surface area contributed by atoms with Gasteiger partial charge in [-0.05, 0) is 26.8 Å². The normalized spacial score (nSPS) is 10.1. The molecule has 0 aliphatic heterocycles. The molecule has 0 fully saturated rings. The minimum absolute atomic E-state index is 0.127. The lowest BCUT2D eigenvalue weighted by molar-refractivity contribution is 0.0949. The molecule has 0 aliphatic carbocycles. The lowest BCUT2D eigenvalue weighted by atomic mass is 10.1. The second kappa shape index (κ2) is 6.61. The van der Waals surface area contributed by atoms with Gasteiger partial charge >= 0.3 is 0 Å². The standard InChI is InChI=1S/C16H17NO3S/c1-10-11(2)20-12(3)15(10)16(19)17-8-14-7-13(9-21-14)5-4-6-18/h7,9,18H,6,8H2,1-3H3,(H,17,19). The molecule has 0 bridgehead atoms. The van der Waals surface area contributed by atoms with E-state index in [1.165, 1.54) is 11.3 Å². The zero-order chi connectivity index (χ0) is 15.4. The van der Waals surface area contributed by atoms with Crippen molar-refractivity contribution in [2.45, 2.75) is 27.3 Å². The van der Waals surface area contributed by atoms with Crippen molar-refractivity contribution in [2.75, 3.05) is 6.61 Å². The summed E-state index contributed by atoms with van der Waals surface area (Å²) in [6.45, 7) is 5.83. The first kappa shape index (κ1) is 15.4. The molecule has 0 aromatic carbocycles. The van der Waals surface area contributed by atoms with E-state index >= 15 is 0 Å². The topological polar surface area (TPSA) is 62.5 Å². The summed E-state index contributed by atoms with van der Waals surface area (Å²) in [7, 11) is 0. The summed E-state index contributed by atoms with van der Waals surface area (Å²) in [6.07, 6.45) is 0. The Kier molecular flexibility index (Phi) is 4.84.